The van der Waals surface area contributed by atoms with Crippen LogP contribution in [0.25, 0.3) is 51.1 Å². The van der Waals surface area contributed by atoms with Gasteiger partial charge in [0.1, 0.15) is 81.0 Å². The average Bonchev–Trinajstić information content (AvgIpc) is 0.794. The van der Waals surface area contributed by atoms with Crippen molar-refractivity contribution < 1.29 is 121 Å². The standard InChI is InChI=1S/3C15H10ClF5N2OS2.2C15H11F5N2OS2/c16-13-3-2-12(26(17,18,19,20)21)8-10(13)7-11(24)5-9-1-4-14-15(6-9)25-23-22-14;16-12-3-1-10(8-15(12)26(17,18,19,20)21)6-11(24)5-9-2-4-13-14(7-9)25-23-22-13;16-15-10(2-1-3-14(15)26(17,18,19,20)21)8-11(24)6-9-4-5-12-13(7-9)25-23-22-12;16-25(17,18,19,20)13-4-1-10(2-5-13)7-12(23)8-11-3-6-14-15(9-11)24-22-21-14;16-25(17,18,19,20)13-3-1-2-10(8-13)6-12(23)7-11-4-5-14-15(9-11)24-22-21-14/h1-4,6,8H,5,7H2;1-4,7-8H,5-6H2;1-5,7H,6,8H2;1-6,9H,7-8H2;1-5,8-9H,6-7H2. The van der Waals surface area contributed by atoms with Crippen molar-refractivity contribution in [3.63, 3.8) is 0 Å². The minimum atomic E-state index is -9.93. The number of carbonyl (C=O) groups excluding carboxylic acids is 5. The molecule has 0 saturated heterocycles. The van der Waals surface area contributed by atoms with Crippen LogP contribution in [0.5, 0.6) is 0 Å². The van der Waals surface area contributed by atoms with Crippen molar-refractivity contribution in [2.45, 2.75) is 88.7 Å². The summed E-state index contributed by atoms with van der Waals surface area (Å²) in [6.07, 6.45) is -2.04. The largest absolute Gasteiger partial charge is 0.311 e. The summed E-state index contributed by atoms with van der Waals surface area (Å²) >= 11 is 22.4. The van der Waals surface area contributed by atoms with Gasteiger partial charge >= 0.3 is 51.1 Å². The summed E-state index contributed by atoms with van der Waals surface area (Å²) in [5, 5.41) is 16.9. The molecule has 15 nitrogen and oxygen atoms in total. The number of halogens is 28. The smallest absolute Gasteiger partial charge is 0.299 e. The summed E-state index contributed by atoms with van der Waals surface area (Å²) in [7, 11) is -49.1. The zero-order valence-electron chi connectivity index (χ0n) is 63.2. The molecule has 5 aromatic heterocycles. The molecule has 0 amide bonds. The monoisotopic (exact) mass is 2070 g/mol. The van der Waals surface area contributed by atoms with Crippen LogP contribution in [0.2, 0.25) is 15.1 Å². The lowest BCUT2D eigenvalue weighted by atomic mass is 10.0. The van der Waals surface area contributed by atoms with Crippen LogP contribution in [0, 0.1) is 0 Å². The van der Waals surface area contributed by atoms with Crippen LogP contribution in [-0.2, 0) is 88.2 Å². The average molecular weight is 2080 g/mol. The van der Waals surface area contributed by atoms with Crippen molar-refractivity contribution in [3.8, 4) is 0 Å². The van der Waals surface area contributed by atoms with Gasteiger partial charge in [-0.15, -0.1) is 25.5 Å². The van der Waals surface area contributed by atoms with E-state index in [2.05, 4.69) is 47.9 Å². The Hall–Kier alpha value is -9.48. The number of carbonyl (C=O) groups is 5. The van der Waals surface area contributed by atoms with Crippen LogP contribution in [0.1, 0.15) is 55.6 Å². The predicted molar refractivity (Wildman–Crippen MR) is 453 cm³/mol. The molecule has 10 aromatic carbocycles. The molecule has 0 fully saturated rings. The lowest BCUT2D eigenvalue weighted by Gasteiger charge is -2.41. The van der Waals surface area contributed by atoms with Crippen molar-refractivity contribution >= 4 is 224 Å². The van der Waals surface area contributed by atoms with Crippen LogP contribution < -0.4 is 0 Å². The topological polar surface area (TPSA) is 214 Å². The van der Waals surface area contributed by atoms with Crippen LogP contribution >= 0.6 is 144 Å². The first kappa shape index (κ1) is 99.1. The van der Waals surface area contributed by atoms with Crippen molar-refractivity contribution in [3.05, 3.63) is 265 Å². The molecule has 128 heavy (non-hydrogen) atoms. The SMILES string of the molecule is O=C(Cc1ccc(Cl)c(S(F)(F)(F)(F)F)c1)Cc1ccc2nnsc2c1.O=C(Cc1ccc(S(F)(F)(F)(F)F)cc1)Cc1ccc2nnsc2c1.O=C(Cc1ccc2nnsc2c1)Cc1cc(S(F)(F)(F)(F)F)ccc1Cl.O=C(Cc1ccc2nnsc2c1)Cc1cccc(S(F)(F)(F)(F)F)c1Cl.O=C(Cc1cccc(S(F)(F)(F)(F)F)c1)Cc1ccc2nnsc2c1. The fourth-order valence-electron chi connectivity index (χ4n) is 11.9. The second-order valence-corrected chi connectivity index (χ2v) is 45.3. The van der Waals surface area contributed by atoms with E-state index in [-0.39, 0.29) is 114 Å². The van der Waals surface area contributed by atoms with Crippen molar-refractivity contribution in [1.29, 1.82) is 0 Å². The minimum Gasteiger partial charge on any atom is -0.299 e. The Balaban J connectivity index is 0.000000155. The number of nitrogens with zero attached hydrogens (tertiary/aromatic N) is 10. The maximum atomic E-state index is 13.0. The Morgan fingerprint density at radius 2 is 0.500 bits per heavy atom. The van der Waals surface area contributed by atoms with Gasteiger partial charge in [-0.25, -0.2) is 0 Å². The number of aromatic nitrogens is 10. The number of hydrogen-bond acceptors (Lipinski definition) is 20. The summed E-state index contributed by atoms with van der Waals surface area (Å²) in [6.45, 7) is 0. The summed E-state index contributed by atoms with van der Waals surface area (Å²) < 4.78 is 345. The lowest BCUT2D eigenvalue weighted by Crippen LogP contribution is -2.11. The van der Waals surface area contributed by atoms with Gasteiger partial charge in [-0.3, -0.25) is 24.0 Å². The van der Waals surface area contributed by atoms with Crippen LogP contribution in [0.3, 0.4) is 0 Å². The zero-order chi connectivity index (χ0) is 94.4. The highest BCUT2D eigenvalue weighted by molar-refractivity contribution is 8.47. The molecular formula is C75H52Cl3F25N10O5S10. The molecule has 5 heterocycles. The molecule has 0 aliphatic carbocycles. The van der Waals surface area contributed by atoms with Gasteiger partial charge in [-0.1, -0.05) is 227 Å². The van der Waals surface area contributed by atoms with E-state index in [9.17, 15) is 121 Å². The fourth-order valence-corrected chi connectivity index (χ4v) is 20.0. The number of hydrogen-bond donors (Lipinski definition) is 0. The molecule has 0 spiro atoms. The van der Waals surface area contributed by atoms with E-state index in [1.807, 2.05) is 0 Å². The third-order valence-electron chi connectivity index (χ3n) is 17.6. The number of benzene rings is 10. The first-order valence-electron chi connectivity index (χ1n) is 35.1. The molecule has 688 valence electrons. The third-order valence-corrected chi connectivity index (χ3v) is 28.2. The first-order valence-corrected chi connectivity index (χ1v) is 49.9. The summed E-state index contributed by atoms with van der Waals surface area (Å²) in [5.41, 5.74) is 6.05. The van der Waals surface area contributed by atoms with E-state index >= 15 is 0 Å². The normalized spacial score (nSPS) is 14.9. The fraction of sp³-hybridized carbons (Fsp3) is 0.133. The van der Waals surface area contributed by atoms with Gasteiger partial charge < -0.3 is 0 Å². The van der Waals surface area contributed by atoms with Gasteiger partial charge in [0.05, 0.1) is 33.5 Å². The Morgan fingerprint density at radius 3 is 0.836 bits per heavy atom. The highest BCUT2D eigenvalue weighted by Crippen LogP contribution is 3.05. The first-order chi connectivity index (χ1) is 58.3. The van der Waals surface area contributed by atoms with Gasteiger partial charge in [0.15, 0.2) is 0 Å². The Bertz CT molecular complexity index is 6780. The minimum absolute atomic E-state index is 0.0194. The second-order valence-electron chi connectivity index (χ2n) is 28.2. The Kier molecular flexibility index (Phi) is 25.2. The Morgan fingerprint density at radius 1 is 0.234 bits per heavy atom. The molecule has 0 N–H and O–H groups in total. The van der Waals surface area contributed by atoms with Crippen LogP contribution in [0.4, 0.5) is 97.1 Å². The second kappa shape index (κ2) is 32.5. The van der Waals surface area contributed by atoms with Gasteiger partial charge in [0.25, 0.3) is 0 Å². The van der Waals surface area contributed by atoms with E-state index in [4.69, 9.17) is 34.8 Å². The molecule has 0 saturated carbocycles. The number of ketones is 5. The summed E-state index contributed by atoms with van der Waals surface area (Å²) in [5.74, 6) is -1.95. The van der Waals surface area contributed by atoms with Gasteiger partial charge in [-0.05, 0) is 235 Å². The van der Waals surface area contributed by atoms with Crippen molar-refractivity contribution in [2.24, 2.45) is 0 Å². The molecule has 0 aliphatic rings. The van der Waals surface area contributed by atoms with E-state index in [1.165, 1.54) is 17.6 Å². The van der Waals surface area contributed by atoms with E-state index < -0.39 is 122 Å². The number of Topliss-reactive ketones (excluding diaryl/α,β-unsaturated/α-hetero) is 5. The van der Waals surface area contributed by atoms with E-state index in [0.29, 0.717) is 74.1 Å². The van der Waals surface area contributed by atoms with Gasteiger partial charge in [0.2, 0.25) is 0 Å². The lowest BCUT2D eigenvalue weighted by molar-refractivity contribution is -0.118. The maximum absolute atomic E-state index is 13.0. The quantitative estimate of drug-likeness (QED) is 0.0487. The molecular weight excluding hydrogens is 2020 g/mol. The number of rotatable bonds is 25. The maximum Gasteiger partial charge on any atom is 0.311 e. The Labute approximate surface area is 740 Å². The van der Waals surface area contributed by atoms with Crippen LogP contribution in [-0.4, -0.2) is 76.9 Å². The molecule has 0 unspecified atom stereocenters. The highest BCUT2D eigenvalue weighted by Gasteiger charge is 2.69. The molecule has 0 radical (unpaired) electrons. The molecule has 15 aromatic rings. The van der Waals surface area contributed by atoms with Gasteiger partial charge in [-0.2, -0.15) is 0 Å². The van der Waals surface area contributed by atoms with Gasteiger partial charge in [0, 0.05) is 69.2 Å². The zero-order valence-corrected chi connectivity index (χ0v) is 73.7. The summed E-state index contributed by atoms with van der Waals surface area (Å²) in [6, 6.07) is 36.1. The molecule has 0 bridgehead atoms. The molecule has 0 atom stereocenters. The van der Waals surface area contributed by atoms with Crippen molar-refractivity contribution in [1.82, 2.24) is 47.9 Å². The van der Waals surface area contributed by atoms with E-state index in [1.54, 1.807) is 91.0 Å². The van der Waals surface area contributed by atoms with Crippen molar-refractivity contribution in [2.75, 3.05) is 0 Å². The molecule has 15 rings (SSSR count). The van der Waals surface area contributed by atoms with E-state index in [0.717, 1.165) is 124 Å². The summed E-state index contributed by atoms with van der Waals surface area (Å²) in [4.78, 5) is 50.3. The third kappa shape index (κ3) is 28.0. The highest BCUT2D eigenvalue weighted by atomic mass is 35.5. The molecule has 0 aliphatic heterocycles. The molecule has 53 heteroatoms. The number of fused-ring (bicyclic) bond motifs is 5. The predicted octanol–water partition coefficient (Wildman–Crippen LogP) is 30.5. The van der Waals surface area contributed by atoms with Crippen LogP contribution in [0.15, 0.2) is 219 Å².